The Balaban J connectivity index is 1.48. The van der Waals surface area contributed by atoms with Crippen LogP contribution < -0.4 is 21.0 Å². The van der Waals surface area contributed by atoms with Crippen molar-refractivity contribution in [2.75, 3.05) is 4.72 Å². The van der Waals surface area contributed by atoms with Gasteiger partial charge >= 0.3 is 0 Å². The first-order valence-electron chi connectivity index (χ1n) is 9.84. The summed E-state index contributed by atoms with van der Waals surface area (Å²) in [4.78, 5) is 40.3. The highest BCUT2D eigenvalue weighted by Gasteiger charge is 2.18. The Morgan fingerprint density at radius 1 is 0.853 bits per heavy atom. The zero-order valence-electron chi connectivity index (χ0n) is 17.3. The topological polar surface area (TPSA) is 137 Å². The van der Waals surface area contributed by atoms with Crippen LogP contribution in [0.5, 0.6) is 0 Å². The van der Waals surface area contributed by atoms with Crippen LogP contribution in [0.4, 0.5) is 5.69 Å². The van der Waals surface area contributed by atoms with Gasteiger partial charge in [-0.2, -0.15) is 0 Å². The maximum Gasteiger partial charge on any atom is 0.275 e. The third-order valence-electron chi connectivity index (χ3n) is 4.81. The minimum atomic E-state index is -3.95. The van der Waals surface area contributed by atoms with Crippen molar-refractivity contribution in [3.05, 3.63) is 105 Å². The van der Waals surface area contributed by atoms with E-state index in [1.807, 2.05) is 0 Å². The van der Waals surface area contributed by atoms with Gasteiger partial charge in [0, 0.05) is 33.4 Å². The van der Waals surface area contributed by atoms with Crippen LogP contribution in [-0.2, 0) is 10.0 Å². The number of benzene rings is 3. The van der Waals surface area contributed by atoms with Gasteiger partial charge in [0.1, 0.15) is 5.56 Å². The summed E-state index contributed by atoms with van der Waals surface area (Å²) in [5.74, 6) is -1.63. The number of hydrazine groups is 1. The number of hydrogen-bond donors (Lipinski definition) is 4. The Kier molecular flexibility index (Phi) is 6.35. The lowest BCUT2D eigenvalue weighted by molar-refractivity contribution is 0.0846. The molecule has 0 fully saturated rings. The van der Waals surface area contributed by atoms with Gasteiger partial charge in [0.25, 0.3) is 21.8 Å². The third kappa shape index (κ3) is 4.92. The molecule has 0 aliphatic rings. The molecule has 11 heteroatoms. The molecule has 9 nitrogen and oxygen atoms in total. The van der Waals surface area contributed by atoms with Crippen molar-refractivity contribution in [3.63, 3.8) is 0 Å². The predicted molar refractivity (Wildman–Crippen MR) is 128 cm³/mol. The molecule has 0 atom stereocenters. The fraction of sp³-hybridized carbons (Fsp3) is 0. The van der Waals surface area contributed by atoms with E-state index in [0.29, 0.717) is 16.2 Å². The highest BCUT2D eigenvalue weighted by Crippen LogP contribution is 2.17. The van der Waals surface area contributed by atoms with Crippen LogP contribution in [0.3, 0.4) is 0 Å². The summed E-state index contributed by atoms with van der Waals surface area (Å²) >= 11 is 5.93. The summed E-state index contributed by atoms with van der Waals surface area (Å²) in [6.45, 7) is 0. The predicted octanol–water partition coefficient (Wildman–Crippen LogP) is 3.06. The molecular weight excluding hydrogens is 480 g/mol. The molecule has 3 aromatic carbocycles. The van der Waals surface area contributed by atoms with E-state index in [0.717, 1.165) is 6.07 Å². The number of nitrogens with one attached hydrogen (secondary N) is 4. The van der Waals surface area contributed by atoms with Gasteiger partial charge in [-0.05, 0) is 48.5 Å². The van der Waals surface area contributed by atoms with E-state index in [1.54, 1.807) is 42.5 Å². The van der Waals surface area contributed by atoms with Crippen LogP contribution in [0.2, 0.25) is 5.02 Å². The quantitative estimate of drug-likeness (QED) is 0.315. The number of rotatable bonds is 5. The maximum absolute atomic E-state index is 12.6. The average Bonchev–Trinajstić information content (AvgIpc) is 2.83. The molecule has 172 valence electrons. The van der Waals surface area contributed by atoms with Crippen molar-refractivity contribution in [2.24, 2.45) is 0 Å². The second-order valence-corrected chi connectivity index (χ2v) is 9.25. The molecule has 0 unspecified atom stereocenters. The van der Waals surface area contributed by atoms with Gasteiger partial charge in [-0.25, -0.2) is 8.42 Å². The first kappa shape index (κ1) is 23.0. The smallest absolute Gasteiger partial charge is 0.275 e. The SMILES string of the molecule is O=C(NNC(=O)c1c[nH]c2ccc(Cl)cc2c1=O)c1cccc(S(=O)(=O)Nc2ccccc2)c1. The minimum absolute atomic E-state index is 0.0181. The molecular formula is C23H17ClN4O5S. The minimum Gasteiger partial charge on any atom is -0.360 e. The molecule has 2 amide bonds. The number of hydrogen-bond acceptors (Lipinski definition) is 5. The number of carbonyl (C=O) groups excluding carboxylic acids is 2. The summed E-state index contributed by atoms with van der Waals surface area (Å²) in [7, 11) is -3.95. The molecule has 0 radical (unpaired) electrons. The zero-order valence-corrected chi connectivity index (χ0v) is 18.9. The van der Waals surface area contributed by atoms with Crippen molar-refractivity contribution in [2.45, 2.75) is 4.90 Å². The molecule has 0 aliphatic carbocycles. The number of carbonyl (C=O) groups is 2. The van der Waals surface area contributed by atoms with Gasteiger partial charge in [-0.15, -0.1) is 0 Å². The summed E-state index contributed by atoms with van der Waals surface area (Å²) in [5, 5.41) is 0.552. The van der Waals surface area contributed by atoms with Crippen LogP contribution in [0, 0.1) is 0 Å². The molecule has 4 aromatic rings. The van der Waals surface area contributed by atoms with Gasteiger partial charge in [0.05, 0.1) is 4.90 Å². The largest absolute Gasteiger partial charge is 0.360 e. The molecule has 0 saturated carbocycles. The van der Waals surface area contributed by atoms with Crippen molar-refractivity contribution in [1.29, 1.82) is 0 Å². The molecule has 0 saturated heterocycles. The third-order valence-corrected chi connectivity index (χ3v) is 6.42. The lowest BCUT2D eigenvalue weighted by Crippen LogP contribution is -2.43. The number of sulfonamides is 1. The normalized spacial score (nSPS) is 11.1. The van der Waals surface area contributed by atoms with E-state index in [1.165, 1.54) is 30.5 Å². The molecule has 4 N–H and O–H groups in total. The lowest BCUT2D eigenvalue weighted by atomic mass is 10.1. The second kappa shape index (κ2) is 9.38. The van der Waals surface area contributed by atoms with Crippen molar-refractivity contribution < 1.29 is 18.0 Å². The van der Waals surface area contributed by atoms with Crippen LogP contribution >= 0.6 is 11.6 Å². The molecule has 4 rings (SSSR count). The second-order valence-electron chi connectivity index (χ2n) is 7.13. The Morgan fingerprint density at radius 3 is 2.35 bits per heavy atom. The molecule has 0 bridgehead atoms. The number of anilines is 1. The van der Waals surface area contributed by atoms with E-state index < -0.39 is 27.3 Å². The number of halogens is 1. The Hall–Kier alpha value is -4.15. The van der Waals surface area contributed by atoms with Gasteiger partial charge in [0.2, 0.25) is 5.43 Å². The fourth-order valence-electron chi connectivity index (χ4n) is 3.14. The average molecular weight is 497 g/mol. The highest BCUT2D eigenvalue weighted by molar-refractivity contribution is 7.92. The first-order valence-corrected chi connectivity index (χ1v) is 11.7. The Bertz CT molecular complexity index is 1570. The van der Waals surface area contributed by atoms with E-state index in [9.17, 15) is 22.8 Å². The Labute approximate surface area is 198 Å². The van der Waals surface area contributed by atoms with Crippen LogP contribution in [-0.4, -0.2) is 25.2 Å². The van der Waals surface area contributed by atoms with Gasteiger partial charge < -0.3 is 4.98 Å². The highest BCUT2D eigenvalue weighted by atomic mass is 35.5. The number of H-pyrrole nitrogens is 1. The molecule has 0 aliphatic heterocycles. The number of pyridine rings is 1. The van der Waals surface area contributed by atoms with Crippen molar-refractivity contribution in [3.8, 4) is 0 Å². The monoisotopic (exact) mass is 496 g/mol. The first-order chi connectivity index (χ1) is 16.2. The van der Waals surface area contributed by atoms with Gasteiger partial charge in [-0.1, -0.05) is 35.9 Å². The van der Waals surface area contributed by atoms with Crippen LogP contribution in [0.15, 0.2) is 88.7 Å². The summed E-state index contributed by atoms with van der Waals surface area (Å²) < 4.78 is 27.7. The molecule has 0 spiro atoms. The molecule has 34 heavy (non-hydrogen) atoms. The summed E-state index contributed by atoms with van der Waals surface area (Å²) in [5.41, 5.74) is 4.38. The van der Waals surface area contributed by atoms with E-state index >= 15 is 0 Å². The number of aromatic amines is 1. The summed E-state index contributed by atoms with van der Waals surface area (Å²) in [6, 6.07) is 18.2. The fourth-order valence-corrected chi connectivity index (χ4v) is 4.41. The Morgan fingerprint density at radius 2 is 1.59 bits per heavy atom. The lowest BCUT2D eigenvalue weighted by Gasteiger charge is -2.10. The van der Waals surface area contributed by atoms with E-state index in [2.05, 4.69) is 20.6 Å². The van der Waals surface area contributed by atoms with E-state index in [4.69, 9.17) is 11.6 Å². The van der Waals surface area contributed by atoms with Crippen LogP contribution in [0.1, 0.15) is 20.7 Å². The maximum atomic E-state index is 12.6. The zero-order chi connectivity index (χ0) is 24.3. The molecule has 1 aromatic heterocycles. The van der Waals surface area contributed by atoms with Gasteiger partial charge in [0.15, 0.2) is 0 Å². The number of amides is 2. The molecule has 1 heterocycles. The van der Waals surface area contributed by atoms with E-state index in [-0.39, 0.29) is 21.4 Å². The van der Waals surface area contributed by atoms with Gasteiger partial charge in [-0.3, -0.25) is 30.0 Å². The van der Waals surface area contributed by atoms with Crippen molar-refractivity contribution >= 4 is 50.0 Å². The van der Waals surface area contributed by atoms with Crippen molar-refractivity contribution in [1.82, 2.24) is 15.8 Å². The number of para-hydroxylation sites is 1. The standard InChI is InChI=1S/C23H17ClN4O5S/c24-15-9-10-20-18(12-15)21(29)19(13-25-20)23(31)27-26-22(30)14-5-4-8-17(11-14)34(32,33)28-16-6-2-1-3-7-16/h1-13,28H,(H,25,29)(H,26,30)(H,27,31). The number of aromatic nitrogens is 1. The summed E-state index contributed by atoms with van der Waals surface area (Å²) in [6.07, 6.45) is 1.22. The number of fused-ring (bicyclic) bond motifs is 1. The van der Waals surface area contributed by atoms with Crippen LogP contribution in [0.25, 0.3) is 10.9 Å².